The second-order valence-corrected chi connectivity index (χ2v) is 9.85. The molecule has 11 nitrogen and oxygen atoms in total. The Hall–Kier alpha value is 0.230. The van der Waals surface area contributed by atoms with Crippen LogP contribution in [0.5, 0.6) is 0 Å². The SMILES string of the molecule is [B][C@@H]1OCC(OP(=O)([O-])O[C@H]2C(OP(=O)(O)OC(C)C)CO[C@H]2[B])[C@@H]1OC(C)C. The van der Waals surface area contributed by atoms with Crippen LogP contribution < -0.4 is 4.89 Å². The van der Waals surface area contributed by atoms with Crippen molar-refractivity contribution in [1.82, 2.24) is 0 Å². The molecule has 2 rings (SSSR count). The zero-order chi connectivity index (χ0) is 22.0. The molecule has 8 atom stereocenters. The molecule has 15 heteroatoms. The van der Waals surface area contributed by atoms with E-state index in [-0.39, 0.29) is 19.3 Å². The Morgan fingerprint density at radius 1 is 0.931 bits per heavy atom. The van der Waals surface area contributed by atoms with Gasteiger partial charge in [-0.05, 0) is 27.7 Å². The van der Waals surface area contributed by atoms with Gasteiger partial charge in [-0.25, -0.2) is 4.57 Å². The Bertz CT molecular complexity index is 637. The molecule has 2 heterocycles. The predicted molar refractivity (Wildman–Crippen MR) is 99.3 cm³/mol. The van der Waals surface area contributed by atoms with E-state index < -0.39 is 58.2 Å². The van der Waals surface area contributed by atoms with Gasteiger partial charge in [0.15, 0.2) is 0 Å². The lowest BCUT2D eigenvalue weighted by atomic mass is 9.93. The highest BCUT2D eigenvalue weighted by Crippen LogP contribution is 2.50. The van der Waals surface area contributed by atoms with Crippen LogP contribution in [-0.4, -0.2) is 82.4 Å². The number of phosphoric ester groups is 2. The maximum absolute atomic E-state index is 12.4. The topological polar surface area (TPSA) is 142 Å². The van der Waals surface area contributed by atoms with E-state index in [0.29, 0.717) is 0 Å². The fraction of sp³-hybridized carbons (Fsp3) is 1.00. The number of hydrogen-bond donors (Lipinski definition) is 1. The molecule has 0 saturated carbocycles. The highest BCUT2D eigenvalue weighted by Gasteiger charge is 2.44. The molecule has 0 aromatic heterocycles. The van der Waals surface area contributed by atoms with Crippen molar-refractivity contribution in [2.24, 2.45) is 0 Å². The average Bonchev–Trinajstić information content (AvgIpc) is 3.03. The minimum atomic E-state index is -4.98. The van der Waals surface area contributed by atoms with Crippen molar-refractivity contribution in [3.8, 4) is 0 Å². The Kier molecular flexibility index (Phi) is 8.99. The molecule has 2 saturated heterocycles. The first kappa shape index (κ1) is 25.5. The first-order valence-corrected chi connectivity index (χ1v) is 12.0. The lowest BCUT2D eigenvalue weighted by Crippen LogP contribution is -2.39. The molecule has 0 aliphatic carbocycles. The Balaban J connectivity index is 2.03. The van der Waals surface area contributed by atoms with Crippen LogP contribution in [0.4, 0.5) is 0 Å². The lowest BCUT2D eigenvalue weighted by molar-refractivity contribution is -0.239. The summed E-state index contributed by atoms with van der Waals surface area (Å²) in [4.78, 5) is 22.2. The van der Waals surface area contributed by atoms with E-state index in [0.717, 1.165) is 0 Å². The molecule has 4 radical (unpaired) electrons. The van der Waals surface area contributed by atoms with E-state index in [2.05, 4.69) is 0 Å². The zero-order valence-electron chi connectivity index (χ0n) is 16.6. The van der Waals surface area contributed by atoms with Crippen molar-refractivity contribution in [3.05, 3.63) is 0 Å². The fourth-order valence-electron chi connectivity index (χ4n) is 2.80. The predicted octanol–water partition coefficient (Wildman–Crippen LogP) is -0.0210. The summed E-state index contributed by atoms with van der Waals surface area (Å²) in [5.41, 5.74) is 0. The van der Waals surface area contributed by atoms with Gasteiger partial charge in [0.2, 0.25) is 0 Å². The van der Waals surface area contributed by atoms with Gasteiger partial charge in [-0.2, -0.15) is 0 Å². The van der Waals surface area contributed by atoms with Crippen LogP contribution in [0.25, 0.3) is 0 Å². The van der Waals surface area contributed by atoms with Gasteiger partial charge in [-0.3, -0.25) is 13.6 Å². The monoisotopic (exact) mass is 453 g/mol. The van der Waals surface area contributed by atoms with Crippen LogP contribution in [0.2, 0.25) is 0 Å². The molecule has 4 unspecified atom stereocenters. The zero-order valence-corrected chi connectivity index (χ0v) is 18.4. The van der Waals surface area contributed by atoms with Crippen LogP contribution in [-0.2, 0) is 41.4 Å². The summed E-state index contributed by atoms with van der Waals surface area (Å²) >= 11 is 0. The van der Waals surface area contributed by atoms with Gasteiger partial charge in [-0.15, -0.1) is 0 Å². The summed E-state index contributed by atoms with van der Waals surface area (Å²) in [6, 6.07) is -2.11. The second kappa shape index (κ2) is 10.2. The van der Waals surface area contributed by atoms with Crippen molar-refractivity contribution < 1.29 is 51.2 Å². The van der Waals surface area contributed by atoms with Crippen molar-refractivity contribution in [3.63, 3.8) is 0 Å². The van der Waals surface area contributed by atoms with Gasteiger partial charge in [0.25, 0.3) is 7.82 Å². The van der Waals surface area contributed by atoms with Crippen molar-refractivity contribution in [1.29, 1.82) is 0 Å². The average molecular weight is 453 g/mol. The molecule has 2 aliphatic rings. The van der Waals surface area contributed by atoms with Crippen molar-refractivity contribution in [2.75, 3.05) is 13.2 Å². The number of phosphoric acid groups is 2. The summed E-state index contributed by atoms with van der Waals surface area (Å²) < 4.78 is 60.0. The molecule has 0 aromatic rings. The molecule has 1 N–H and O–H groups in total. The van der Waals surface area contributed by atoms with E-state index >= 15 is 0 Å². The molecule has 0 aromatic carbocycles. The highest BCUT2D eigenvalue weighted by atomic mass is 31.2. The summed E-state index contributed by atoms with van der Waals surface area (Å²) in [5.74, 6) is 0. The third-order valence-electron chi connectivity index (χ3n) is 3.84. The molecular weight excluding hydrogens is 428 g/mol. The second-order valence-electron chi connectivity index (χ2n) is 7.17. The molecule has 2 fully saturated rings. The number of ether oxygens (including phenoxy) is 3. The van der Waals surface area contributed by atoms with Crippen LogP contribution in [0.1, 0.15) is 27.7 Å². The van der Waals surface area contributed by atoms with Crippen LogP contribution in [0.15, 0.2) is 0 Å². The smallest absolute Gasteiger partial charge is 0.472 e. The first-order chi connectivity index (χ1) is 13.3. The van der Waals surface area contributed by atoms with E-state index in [4.69, 9.17) is 48.0 Å². The minimum Gasteiger partial charge on any atom is -0.756 e. The van der Waals surface area contributed by atoms with Crippen LogP contribution >= 0.6 is 15.6 Å². The van der Waals surface area contributed by atoms with Gasteiger partial charge in [-0.1, -0.05) is 0 Å². The largest absolute Gasteiger partial charge is 0.756 e. The summed E-state index contributed by atoms with van der Waals surface area (Å²) in [6.07, 6.45) is -5.45. The molecule has 29 heavy (non-hydrogen) atoms. The van der Waals surface area contributed by atoms with E-state index in [1.807, 2.05) is 0 Å². The number of hydrogen-bond acceptors (Lipinski definition) is 10. The van der Waals surface area contributed by atoms with E-state index in [1.54, 1.807) is 13.8 Å². The third-order valence-corrected chi connectivity index (χ3v) is 6.10. The quantitative estimate of drug-likeness (QED) is 0.352. The molecule has 0 bridgehead atoms. The highest BCUT2D eigenvalue weighted by molar-refractivity contribution is 7.47. The van der Waals surface area contributed by atoms with Gasteiger partial charge >= 0.3 is 7.82 Å². The third kappa shape index (κ3) is 7.70. The van der Waals surface area contributed by atoms with Gasteiger partial charge in [0.1, 0.15) is 40.1 Å². The van der Waals surface area contributed by atoms with Crippen LogP contribution in [0.3, 0.4) is 0 Å². The van der Waals surface area contributed by atoms with E-state index in [1.165, 1.54) is 13.8 Å². The normalized spacial score (nSPS) is 37.1. The van der Waals surface area contributed by atoms with Crippen LogP contribution in [0, 0.1) is 0 Å². The Labute approximate surface area is 172 Å². The molecule has 164 valence electrons. The number of rotatable bonds is 10. The van der Waals surface area contributed by atoms with Crippen molar-refractivity contribution >= 4 is 31.3 Å². The molecule has 0 amide bonds. The molecule has 0 spiro atoms. The summed E-state index contributed by atoms with van der Waals surface area (Å²) in [6.45, 7) is 6.14. The van der Waals surface area contributed by atoms with Crippen molar-refractivity contribution in [2.45, 2.75) is 76.3 Å². The van der Waals surface area contributed by atoms with Gasteiger partial charge < -0.3 is 33.0 Å². The maximum atomic E-state index is 12.4. The maximum Gasteiger partial charge on any atom is 0.472 e. The molecular formula is C14H25B2O11P2-. The summed E-state index contributed by atoms with van der Waals surface area (Å²) in [5, 5.41) is 0. The van der Waals surface area contributed by atoms with E-state index in [9.17, 15) is 18.9 Å². The Morgan fingerprint density at radius 2 is 1.45 bits per heavy atom. The molecule has 2 aliphatic heterocycles. The Morgan fingerprint density at radius 3 is 1.97 bits per heavy atom. The van der Waals surface area contributed by atoms with Gasteiger partial charge in [0, 0.05) is 12.0 Å². The summed E-state index contributed by atoms with van der Waals surface area (Å²) in [7, 11) is 1.98. The first-order valence-electron chi connectivity index (χ1n) is 9.07. The fourth-order valence-corrected chi connectivity index (χ4v) is 5.03. The lowest BCUT2D eigenvalue weighted by Gasteiger charge is -2.33. The minimum absolute atomic E-state index is 0.130. The standard InChI is InChI=1S/C14H26B2O11P2/c1-7(2)23-11-9(5-21-13(11)15)25-29(19,20)27-12-10(6-22-14(12)16)26-28(17,18)24-8(3)4/h7-14H,5-6H2,1-4H3,(H,17,18)(H,19,20)/p-1/t9?,10?,11-,12-,13+,14+/m0/s1. The van der Waals surface area contributed by atoms with Gasteiger partial charge in [0.05, 0.1) is 25.4 Å².